The first-order valence-corrected chi connectivity index (χ1v) is 7.49. The summed E-state index contributed by atoms with van der Waals surface area (Å²) in [5, 5.41) is 2.93. The van der Waals surface area contributed by atoms with Gasteiger partial charge in [-0.15, -0.1) is 0 Å². The van der Waals surface area contributed by atoms with Gasteiger partial charge in [0.15, 0.2) is 5.76 Å². The first-order valence-electron chi connectivity index (χ1n) is 6.01. The minimum absolute atomic E-state index is 0.0441. The van der Waals surface area contributed by atoms with Crippen LogP contribution >= 0.6 is 0 Å². The van der Waals surface area contributed by atoms with E-state index in [1.807, 2.05) is 6.92 Å². The first-order chi connectivity index (χ1) is 8.95. The van der Waals surface area contributed by atoms with Gasteiger partial charge in [0.05, 0.1) is 0 Å². The molecule has 2 N–H and O–H groups in total. The van der Waals surface area contributed by atoms with Crippen LogP contribution in [0.1, 0.15) is 17.5 Å². The summed E-state index contributed by atoms with van der Waals surface area (Å²) < 4.78 is 30.4. The Morgan fingerprint density at radius 1 is 1.53 bits per heavy atom. The molecule has 1 atom stereocenters. The second-order valence-corrected chi connectivity index (χ2v) is 6.20. The van der Waals surface area contributed by atoms with E-state index in [1.165, 1.54) is 19.2 Å². The topological polar surface area (TPSA) is 91.7 Å². The van der Waals surface area contributed by atoms with E-state index < -0.39 is 10.0 Å². The van der Waals surface area contributed by atoms with Gasteiger partial charge in [-0.1, -0.05) is 0 Å². The van der Waals surface area contributed by atoms with Crippen LogP contribution in [-0.4, -0.2) is 51.9 Å². The average molecular weight is 287 g/mol. The van der Waals surface area contributed by atoms with E-state index in [2.05, 4.69) is 10.0 Å². The molecule has 7 nitrogen and oxygen atoms in total. The molecule has 0 bridgehead atoms. The molecule has 2 heterocycles. The number of sulfonamides is 1. The summed E-state index contributed by atoms with van der Waals surface area (Å²) in [4.78, 5) is 13.9. The molecule has 1 saturated heterocycles. The van der Waals surface area contributed by atoms with Crippen molar-refractivity contribution in [1.82, 2.24) is 14.9 Å². The van der Waals surface area contributed by atoms with Gasteiger partial charge in [0.1, 0.15) is 0 Å². The maximum absolute atomic E-state index is 12.2. The summed E-state index contributed by atoms with van der Waals surface area (Å²) in [7, 11) is -2.37. The fourth-order valence-electron chi connectivity index (χ4n) is 1.96. The maximum Gasteiger partial charge on any atom is 0.289 e. The SMILES string of the molecule is CNS(=O)(=O)c1ccc(C(=O)N2CCNCC2C)o1. The van der Waals surface area contributed by atoms with E-state index in [-0.39, 0.29) is 22.8 Å². The predicted molar refractivity (Wildman–Crippen MR) is 68.3 cm³/mol. The minimum Gasteiger partial charge on any atom is -0.438 e. The number of carbonyl (C=O) groups is 1. The summed E-state index contributed by atoms with van der Waals surface area (Å²) >= 11 is 0. The third-order valence-corrected chi connectivity index (χ3v) is 4.37. The highest BCUT2D eigenvalue weighted by molar-refractivity contribution is 7.89. The van der Waals surface area contributed by atoms with Crippen molar-refractivity contribution in [2.45, 2.75) is 18.1 Å². The van der Waals surface area contributed by atoms with Crippen LogP contribution in [0.4, 0.5) is 0 Å². The van der Waals surface area contributed by atoms with Gasteiger partial charge in [-0.25, -0.2) is 13.1 Å². The second-order valence-electron chi connectivity index (χ2n) is 4.38. The molecule has 106 valence electrons. The van der Waals surface area contributed by atoms with Crippen LogP contribution in [0.3, 0.4) is 0 Å². The standard InChI is InChI=1S/C11H17N3O4S/c1-8-7-13-5-6-14(8)11(15)9-3-4-10(18-9)19(16,17)12-2/h3-4,8,12-13H,5-7H2,1-2H3. The molecule has 1 aliphatic heterocycles. The normalized spacial score (nSPS) is 20.5. The van der Waals surface area contributed by atoms with Gasteiger partial charge in [0.25, 0.3) is 15.9 Å². The van der Waals surface area contributed by atoms with Crippen molar-refractivity contribution in [2.75, 3.05) is 26.7 Å². The van der Waals surface area contributed by atoms with Crippen molar-refractivity contribution in [3.8, 4) is 0 Å². The van der Waals surface area contributed by atoms with E-state index in [1.54, 1.807) is 4.90 Å². The molecule has 2 rings (SSSR count). The summed E-state index contributed by atoms with van der Waals surface area (Å²) in [6.07, 6.45) is 0. The highest BCUT2D eigenvalue weighted by atomic mass is 32.2. The Morgan fingerprint density at radius 3 is 2.89 bits per heavy atom. The number of hydrogen-bond acceptors (Lipinski definition) is 5. The molecule has 1 fully saturated rings. The van der Waals surface area contributed by atoms with Crippen molar-refractivity contribution in [3.05, 3.63) is 17.9 Å². The molecule has 1 aromatic rings. The van der Waals surface area contributed by atoms with Gasteiger partial charge >= 0.3 is 0 Å². The molecule has 0 aromatic carbocycles. The molecular weight excluding hydrogens is 270 g/mol. The first kappa shape index (κ1) is 14.0. The number of hydrogen-bond donors (Lipinski definition) is 2. The largest absolute Gasteiger partial charge is 0.438 e. The number of nitrogens with one attached hydrogen (secondary N) is 2. The fraction of sp³-hybridized carbons (Fsp3) is 0.545. The fourth-order valence-corrected chi connectivity index (χ4v) is 2.61. The Bertz CT molecular complexity index is 566. The lowest BCUT2D eigenvalue weighted by atomic mass is 10.2. The van der Waals surface area contributed by atoms with Crippen LogP contribution in [0.2, 0.25) is 0 Å². The van der Waals surface area contributed by atoms with Crippen LogP contribution in [0.5, 0.6) is 0 Å². The third kappa shape index (κ3) is 2.80. The Labute approximate surface area is 112 Å². The van der Waals surface area contributed by atoms with Crippen LogP contribution in [0.15, 0.2) is 21.6 Å². The van der Waals surface area contributed by atoms with Crippen LogP contribution in [0, 0.1) is 0 Å². The lowest BCUT2D eigenvalue weighted by molar-refractivity contribution is 0.0617. The Kier molecular flexibility index (Phi) is 3.93. The Balaban J connectivity index is 2.21. The van der Waals surface area contributed by atoms with Gasteiger partial charge in [0.2, 0.25) is 5.09 Å². The molecule has 1 aromatic heterocycles. The number of rotatable bonds is 3. The zero-order chi connectivity index (χ0) is 14.0. The molecule has 1 aliphatic rings. The number of carbonyl (C=O) groups excluding carboxylic acids is 1. The van der Waals surface area contributed by atoms with Crippen molar-refractivity contribution in [2.24, 2.45) is 0 Å². The summed E-state index contributed by atoms with van der Waals surface area (Å²) in [6, 6.07) is 2.73. The molecule has 0 radical (unpaired) electrons. The molecule has 0 aliphatic carbocycles. The van der Waals surface area contributed by atoms with Crippen LogP contribution in [0.25, 0.3) is 0 Å². The van der Waals surface area contributed by atoms with E-state index in [0.717, 1.165) is 6.54 Å². The number of piperazine rings is 1. The quantitative estimate of drug-likeness (QED) is 0.791. The van der Waals surface area contributed by atoms with E-state index in [9.17, 15) is 13.2 Å². The third-order valence-electron chi connectivity index (χ3n) is 3.09. The van der Waals surface area contributed by atoms with Gasteiger partial charge in [-0.05, 0) is 26.1 Å². The smallest absolute Gasteiger partial charge is 0.289 e. The van der Waals surface area contributed by atoms with Crippen molar-refractivity contribution in [1.29, 1.82) is 0 Å². The average Bonchev–Trinajstić information content (AvgIpc) is 2.89. The van der Waals surface area contributed by atoms with E-state index >= 15 is 0 Å². The highest BCUT2D eigenvalue weighted by Gasteiger charge is 2.27. The Morgan fingerprint density at radius 2 is 2.26 bits per heavy atom. The predicted octanol–water partition coefficient (Wildman–Crippen LogP) is -0.378. The molecule has 1 unspecified atom stereocenters. The minimum atomic E-state index is -3.65. The molecule has 0 saturated carbocycles. The van der Waals surface area contributed by atoms with Crippen molar-refractivity contribution in [3.63, 3.8) is 0 Å². The molecule has 8 heteroatoms. The van der Waals surface area contributed by atoms with Gasteiger partial charge in [-0.2, -0.15) is 0 Å². The molecular formula is C11H17N3O4S. The van der Waals surface area contributed by atoms with Crippen molar-refractivity contribution >= 4 is 15.9 Å². The zero-order valence-electron chi connectivity index (χ0n) is 10.8. The number of nitrogens with zero attached hydrogens (tertiary/aromatic N) is 1. The van der Waals surface area contributed by atoms with E-state index in [4.69, 9.17) is 4.42 Å². The van der Waals surface area contributed by atoms with Crippen LogP contribution < -0.4 is 10.0 Å². The lowest BCUT2D eigenvalue weighted by Crippen LogP contribution is -2.52. The molecule has 19 heavy (non-hydrogen) atoms. The summed E-state index contributed by atoms with van der Waals surface area (Å²) in [5.74, 6) is -0.242. The highest BCUT2D eigenvalue weighted by Crippen LogP contribution is 2.17. The van der Waals surface area contributed by atoms with Gasteiger partial charge in [0, 0.05) is 25.7 Å². The maximum atomic E-state index is 12.2. The Hall–Kier alpha value is -1.38. The second kappa shape index (κ2) is 5.32. The molecule has 1 amide bonds. The van der Waals surface area contributed by atoms with Gasteiger partial charge in [-0.3, -0.25) is 4.79 Å². The van der Waals surface area contributed by atoms with Crippen LogP contribution in [-0.2, 0) is 10.0 Å². The van der Waals surface area contributed by atoms with E-state index in [0.29, 0.717) is 13.1 Å². The lowest BCUT2D eigenvalue weighted by Gasteiger charge is -2.33. The zero-order valence-corrected chi connectivity index (χ0v) is 11.7. The number of furan rings is 1. The monoisotopic (exact) mass is 287 g/mol. The van der Waals surface area contributed by atoms with Crippen molar-refractivity contribution < 1.29 is 17.6 Å². The number of amides is 1. The van der Waals surface area contributed by atoms with Gasteiger partial charge < -0.3 is 14.6 Å². The molecule has 0 spiro atoms. The summed E-state index contributed by atoms with van der Waals surface area (Å²) in [5.41, 5.74) is 0. The summed E-state index contributed by atoms with van der Waals surface area (Å²) in [6.45, 7) is 3.94.